The molecule has 3 rings (SSSR count). The summed E-state index contributed by atoms with van der Waals surface area (Å²) in [5.74, 6) is -1.42. The second-order valence-electron chi connectivity index (χ2n) is 7.64. The molecule has 0 aliphatic heterocycles. The lowest BCUT2D eigenvalue weighted by Gasteiger charge is -2.08. The second kappa shape index (κ2) is 16.3. The first kappa shape index (κ1) is 29.0. The lowest BCUT2D eigenvalue weighted by atomic mass is 10.2. The minimum Gasteiger partial charge on any atom is -0.481 e. The van der Waals surface area contributed by atoms with Gasteiger partial charge in [0, 0.05) is 34.1 Å². The lowest BCUT2D eigenvalue weighted by Crippen LogP contribution is -2.28. The van der Waals surface area contributed by atoms with Crippen LogP contribution in [0.1, 0.15) is 23.2 Å². The van der Waals surface area contributed by atoms with Crippen LogP contribution in [0.4, 0.5) is 0 Å². The number of amides is 2. The highest BCUT2D eigenvalue weighted by atomic mass is 32.1. The molecular weight excluding hydrogens is 536 g/mol. The van der Waals surface area contributed by atoms with Crippen LogP contribution >= 0.6 is 34.0 Å². The first-order valence-corrected chi connectivity index (χ1v) is 14.3. The molecule has 0 radical (unpaired) electrons. The van der Waals surface area contributed by atoms with Crippen molar-refractivity contribution in [3.63, 3.8) is 0 Å². The van der Waals surface area contributed by atoms with Crippen molar-refractivity contribution in [2.45, 2.75) is 12.8 Å². The number of carboxylic acids is 1. The van der Waals surface area contributed by atoms with Crippen molar-refractivity contribution < 1.29 is 33.7 Å². The summed E-state index contributed by atoms with van der Waals surface area (Å²) in [6.07, 6.45) is -0.223. The van der Waals surface area contributed by atoms with Gasteiger partial charge in [-0.05, 0) is 29.0 Å². The van der Waals surface area contributed by atoms with Gasteiger partial charge in [-0.1, -0.05) is 12.1 Å². The van der Waals surface area contributed by atoms with Crippen molar-refractivity contribution in [1.29, 1.82) is 0 Å². The summed E-state index contributed by atoms with van der Waals surface area (Å²) in [5, 5.41) is 18.1. The van der Waals surface area contributed by atoms with Gasteiger partial charge < -0.3 is 30.0 Å². The molecular formula is C25H30N2O7S3. The molecule has 0 atom stereocenters. The molecule has 0 spiro atoms. The molecule has 0 bridgehead atoms. The summed E-state index contributed by atoms with van der Waals surface area (Å²) in [6, 6.07) is 10.1. The molecule has 0 saturated heterocycles. The molecule has 2 amide bonds. The van der Waals surface area contributed by atoms with E-state index in [0.717, 1.165) is 19.5 Å². The number of nitrogens with one attached hydrogen (secondary N) is 2. The van der Waals surface area contributed by atoms with Gasteiger partial charge in [-0.15, -0.1) is 34.0 Å². The van der Waals surface area contributed by atoms with Crippen molar-refractivity contribution in [1.82, 2.24) is 10.6 Å². The molecule has 9 nitrogen and oxygen atoms in total. The molecule has 0 saturated carbocycles. The smallest absolute Gasteiger partial charge is 0.303 e. The zero-order valence-electron chi connectivity index (χ0n) is 20.2. The van der Waals surface area contributed by atoms with Crippen LogP contribution in [0.15, 0.2) is 41.1 Å². The molecule has 12 heteroatoms. The Morgan fingerprint density at radius 3 is 1.95 bits per heavy atom. The topological polar surface area (TPSA) is 123 Å². The van der Waals surface area contributed by atoms with Gasteiger partial charge in [0.15, 0.2) is 0 Å². The Balaban J connectivity index is 1.24. The van der Waals surface area contributed by atoms with E-state index >= 15 is 0 Å². The molecule has 200 valence electrons. The highest BCUT2D eigenvalue weighted by molar-refractivity contribution is 7.26. The number of ether oxygens (including phenoxy) is 3. The second-order valence-corrected chi connectivity index (χ2v) is 10.6. The summed E-state index contributed by atoms with van der Waals surface area (Å²) in [4.78, 5) is 38.9. The van der Waals surface area contributed by atoms with E-state index in [1.165, 1.54) is 0 Å². The average molecular weight is 567 g/mol. The van der Waals surface area contributed by atoms with Crippen molar-refractivity contribution in [2.75, 3.05) is 52.7 Å². The van der Waals surface area contributed by atoms with Crippen LogP contribution in [0.3, 0.4) is 0 Å². The Kier molecular flexibility index (Phi) is 12.7. The summed E-state index contributed by atoms with van der Waals surface area (Å²) in [7, 11) is 0. The monoisotopic (exact) mass is 566 g/mol. The van der Waals surface area contributed by atoms with Crippen LogP contribution in [-0.2, 0) is 23.8 Å². The molecule has 3 N–H and O–H groups in total. The maximum absolute atomic E-state index is 12.9. The quantitative estimate of drug-likeness (QED) is 0.199. The van der Waals surface area contributed by atoms with Gasteiger partial charge in [0.25, 0.3) is 5.91 Å². The molecule has 0 aliphatic carbocycles. The molecule has 3 aromatic rings. The van der Waals surface area contributed by atoms with Crippen molar-refractivity contribution in [3.8, 4) is 19.5 Å². The number of carbonyl (C=O) groups is 3. The minimum absolute atomic E-state index is 0.0389. The SMILES string of the molecule is O=C(O)CCC(=O)NCCOCCOCCOCCNC(=O)c1cc(-c2cccs2)sc1-c1cccs1. The maximum atomic E-state index is 12.9. The predicted octanol–water partition coefficient (Wildman–Crippen LogP) is 3.97. The molecule has 3 aromatic heterocycles. The van der Waals surface area contributed by atoms with Crippen LogP contribution in [0, 0.1) is 0 Å². The number of thiophene rings is 3. The molecule has 3 heterocycles. The maximum Gasteiger partial charge on any atom is 0.303 e. The first-order chi connectivity index (χ1) is 18.0. The fourth-order valence-electron chi connectivity index (χ4n) is 3.14. The first-order valence-electron chi connectivity index (χ1n) is 11.8. The molecule has 0 aromatic carbocycles. The van der Waals surface area contributed by atoms with Crippen LogP contribution in [0.2, 0.25) is 0 Å². The minimum atomic E-state index is -0.998. The number of carbonyl (C=O) groups excluding carboxylic acids is 2. The van der Waals surface area contributed by atoms with E-state index in [-0.39, 0.29) is 24.7 Å². The normalized spacial score (nSPS) is 10.9. The van der Waals surface area contributed by atoms with E-state index in [0.29, 0.717) is 58.3 Å². The molecule has 0 aliphatic rings. The number of hydrogen-bond acceptors (Lipinski definition) is 9. The van der Waals surface area contributed by atoms with Gasteiger partial charge >= 0.3 is 5.97 Å². The lowest BCUT2D eigenvalue weighted by molar-refractivity contribution is -0.138. The Morgan fingerprint density at radius 1 is 0.757 bits per heavy atom. The van der Waals surface area contributed by atoms with Crippen LogP contribution in [0.25, 0.3) is 19.5 Å². The van der Waals surface area contributed by atoms with Crippen molar-refractivity contribution in [2.24, 2.45) is 0 Å². The predicted molar refractivity (Wildman–Crippen MR) is 146 cm³/mol. The number of hydrogen-bond donors (Lipinski definition) is 3. The average Bonchev–Trinajstić information content (AvgIpc) is 3.66. The van der Waals surface area contributed by atoms with Crippen molar-refractivity contribution in [3.05, 3.63) is 46.7 Å². The highest BCUT2D eigenvalue weighted by Gasteiger charge is 2.19. The van der Waals surface area contributed by atoms with E-state index in [4.69, 9.17) is 19.3 Å². The summed E-state index contributed by atoms with van der Waals surface area (Å²) >= 11 is 4.91. The fraction of sp³-hybridized carbons (Fsp3) is 0.400. The third-order valence-electron chi connectivity index (χ3n) is 4.90. The van der Waals surface area contributed by atoms with Gasteiger partial charge in [-0.3, -0.25) is 14.4 Å². The van der Waals surface area contributed by atoms with Gasteiger partial charge in [0.05, 0.1) is 56.5 Å². The zero-order chi connectivity index (χ0) is 26.3. The largest absolute Gasteiger partial charge is 0.481 e. The Bertz CT molecular complexity index is 1100. The van der Waals surface area contributed by atoms with Crippen LogP contribution in [-0.4, -0.2) is 75.6 Å². The van der Waals surface area contributed by atoms with E-state index in [1.807, 2.05) is 35.0 Å². The highest BCUT2D eigenvalue weighted by Crippen LogP contribution is 2.41. The van der Waals surface area contributed by atoms with Crippen LogP contribution in [0.5, 0.6) is 0 Å². The third-order valence-corrected chi connectivity index (χ3v) is 8.15. The van der Waals surface area contributed by atoms with Gasteiger partial charge in [-0.25, -0.2) is 0 Å². The Hall–Kier alpha value is -2.61. The molecule has 0 unspecified atom stereocenters. The fourth-order valence-corrected chi connectivity index (χ4v) is 5.98. The van der Waals surface area contributed by atoms with Crippen LogP contribution < -0.4 is 10.6 Å². The molecule has 37 heavy (non-hydrogen) atoms. The van der Waals surface area contributed by atoms with E-state index in [1.54, 1.807) is 34.0 Å². The van der Waals surface area contributed by atoms with Gasteiger partial charge in [-0.2, -0.15) is 0 Å². The summed E-state index contributed by atoms with van der Waals surface area (Å²) in [6.45, 7) is 2.99. The number of rotatable bonds is 18. The summed E-state index contributed by atoms with van der Waals surface area (Å²) in [5.41, 5.74) is 0.680. The third kappa shape index (κ3) is 10.3. The van der Waals surface area contributed by atoms with Gasteiger partial charge in [0.1, 0.15) is 0 Å². The Labute approximate surface area is 227 Å². The summed E-state index contributed by atoms with van der Waals surface area (Å²) < 4.78 is 16.3. The molecule has 0 fully saturated rings. The number of aliphatic carboxylic acids is 1. The van der Waals surface area contributed by atoms with E-state index in [2.05, 4.69) is 16.7 Å². The van der Waals surface area contributed by atoms with Gasteiger partial charge in [0.2, 0.25) is 5.91 Å². The van der Waals surface area contributed by atoms with E-state index < -0.39 is 5.97 Å². The van der Waals surface area contributed by atoms with Crippen molar-refractivity contribution >= 4 is 51.8 Å². The Morgan fingerprint density at radius 2 is 1.35 bits per heavy atom. The zero-order valence-corrected chi connectivity index (χ0v) is 22.7. The standard InChI is InChI=1S/C25H30N2O7S3/c28-22(5-6-23(29)30)26-7-9-32-11-13-34-14-12-33-10-8-27-25(31)18-17-21(19-3-1-15-35-19)37-24(18)20-4-2-16-36-20/h1-4,15-17H,5-14H2,(H,26,28)(H,27,31)(H,29,30). The van der Waals surface area contributed by atoms with E-state index in [9.17, 15) is 14.4 Å². The number of carboxylic acid groups (broad SMARTS) is 1.